The van der Waals surface area contributed by atoms with Crippen LogP contribution in [0.15, 0.2) is 59.6 Å². The van der Waals surface area contributed by atoms with E-state index in [1.807, 2.05) is 47.4 Å². The third kappa shape index (κ3) is 5.74. The molecule has 6 heteroatoms. The number of para-hydroxylation sites is 1. The lowest BCUT2D eigenvalue weighted by atomic mass is 10.1. The summed E-state index contributed by atoms with van der Waals surface area (Å²) in [5.41, 5.74) is 9.06. The number of hydrogen-bond donors (Lipinski definition) is 2. The Balaban J connectivity index is 0.00000225. The standard InChI is InChI=1S/C19H22N4O.HI/c20-19(22-17-5-2-1-3-6-17)21-13-15-8-10-16(11-9-15)14-23-12-4-7-18(23)24;/h1-3,5-6,8-11H,4,7,12-14H2,(H3,20,21,22);1H. The first-order valence-corrected chi connectivity index (χ1v) is 8.18. The number of nitrogens with two attached hydrogens (primary N) is 1. The highest BCUT2D eigenvalue weighted by Gasteiger charge is 2.19. The highest BCUT2D eigenvalue weighted by molar-refractivity contribution is 14.0. The van der Waals surface area contributed by atoms with Gasteiger partial charge < -0.3 is 16.0 Å². The van der Waals surface area contributed by atoms with Gasteiger partial charge in [-0.3, -0.25) is 4.79 Å². The van der Waals surface area contributed by atoms with Crippen LogP contribution in [0.5, 0.6) is 0 Å². The topological polar surface area (TPSA) is 70.7 Å². The molecule has 1 aliphatic heterocycles. The first-order chi connectivity index (χ1) is 11.7. The molecule has 3 N–H and O–H groups in total. The van der Waals surface area contributed by atoms with Crippen LogP contribution >= 0.6 is 24.0 Å². The molecule has 1 amide bonds. The van der Waals surface area contributed by atoms with Gasteiger partial charge in [-0.05, 0) is 29.7 Å². The van der Waals surface area contributed by atoms with E-state index in [1.54, 1.807) is 0 Å². The van der Waals surface area contributed by atoms with Gasteiger partial charge in [-0.1, -0.05) is 42.5 Å². The molecule has 1 fully saturated rings. The fourth-order valence-corrected chi connectivity index (χ4v) is 2.73. The molecule has 132 valence electrons. The summed E-state index contributed by atoms with van der Waals surface area (Å²) < 4.78 is 0. The zero-order valence-corrected chi connectivity index (χ0v) is 16.4. The van der Waals surface area contributed by atoms with Crippen molar-refractivity contribution >= 4 is 41.5 Å². The molecule has 5 nitrogen and oxygen atoms in total. The van der Waals surface area contributed by atoms with E-state index in [1.165, 1.54) is 0 Å². The molecule has 0 bridgehead atoms. The van der Waals surface area contributed by atoms with Crippen molar-refractivity contribution in [1.82, 2.24) is 4.90 Å². The molecule has 25 heavy (non-hydrogen) atoms. The number of nitrogens with zero attached hydrogens (tertiary/aromatic N) is 2. The number of anilines is 1. The molecule has 1 saturated heterocycles. The number of likely N-dealkylation sites (tertiary alicyclic amines) is 1. The molecule has 0 spiro atoms. The molecule has 0 radical (unpaired) electrons. The van der Waals surface area contributed by atoms with Crippen molar-refractivity contribution in [3.63, 3.8) is 0 Å². The van der Waals surface area contributed by atoms with Gasteiger partial charge in [0.1, 0.15) is 0 Å². The third-order valence-corrected chi connectivity index (χ3v) is 4.05. The second kappa shape index (κ2) is 9.41. The minimum absolute atomic E-state index is 0. The van der Waals surface area contributed by atoms with Crippen molar-refractivity contribution in [2.24, 2.45) is 10.7 Å². The van der Waals surface area contributed by atoms with Crippen molar-refractivity contribution in [3.8, 4) is 0 Å². The molecule has 0 aliphatic carbocycles. The number of nitrogens with one attached hydrogen (secondary N) is 1. The zero-order chi connectivity index (χ0) is 16.8. The van der Waals surface area contributed by atoms with E-state index in [0.717, 1.165) is 29.8 Å². The van der Waals surface area contributed by atoms with Gasteiger partial charge in [0, 0.05) is 25.2 Å². The smallest absolute Gasteiger partial charge is 0.222 e. The van der Waals surface area contributed by atoms with Crippen molar-refractivity contribution < 1.29 is 4.79 Å². The number of amides is 1. The summed E-state index contributed by atoms with van der Waals surface area (Å²) in [4.78, 5) is 17.9. The van der Waals surface area contributed by atoms with Crippen LogP contribution in [0, 0.1) is 0 Å². The maximum absolute atomic E-state index is 11.7. The summed E-state index contributed by atoms with van der Waals surface area (Å²) in [6.07, 6.45) is 1.65. The number of hydrogen-bond acceptors (Lipinski definition) is 2. The molecule has 2 aromatic carbocycles. The number of rotatable bonds is 5. The predicted molar refractivity (Wildman–Crippen MR) is 112 cm³/mol. The number of benzene rings is 2. The fourth-order valence-electron chi connectivity index (χ4n) is 2.73. The maximum atomic E-state index is 11.7. The average molecular weight is 450 g/mol. The Morgan fingerprint density at radius 1 is 1.08 bits per heavy atom. The number of guanidine groups is 1. The number of halogens is 1. The SMILES string of the molecule is I.NC(=NCc1ccc(CN2CCCC2=O)cc1)Nc1ccccc1. The van der Waals surface area contributed by atoms with Crippen molar-refractivity contribution in [2.75, 3.05) is 11.9 Å². The minimum atomic E-state index is 0. The molecule has 0 atom stereocenters. The molecule has 3 rings (SSSR count). The molecule has 1 aliphatic rings. The summed E-state index contributed by atoms with van der Waals surface area (Å²) in [7, 11) is 0. The lowest BCUT2D eigenvalue weighted by Gasteiger charge is -2.15. The Labute approximate surface area is 165 Å². The predicted octanol–water partition coefficient (Wildman–Crippen LogP) is 3.35. The Morgan fingerprint density at radius 2 is 1.76 bits per heavy atom. The molecule has 0 saturated carbocycles. The van der Waals surface area contributed by atoms with Crippen LogP contribution in [-0.4, -0.2) is 23.3 Å². The summed E-state index contributed by atoms with van der Waals surface area (Å²) in [5, 5.41) is 3.06. The van der Waals surface area contributed by atoms with Crippen LogP contribution in [0.1, 0.15) is 24.0 Å². The van der Waals surface area contributed by atoms with Crippen LogP contribution in [0.25, 0.3) is 0 Å². The van der Waals surface area contributed by atoms with Gasteiger partial charge in [-0.15, -0.1) is 24.0 Å². The monoisotopic (exact) mass is 450 g/mol. The van der Waals surface area contributed by atoms with E-state index < -0.39 is 0 Å². The molecule has 2 aromatic rings. The Hall–Kier alpha value is -2.09. The molecule has 0 aromatic heterocycles. The van der Waals surface area contributed by atoms with Gasteiger partial charge in [-0.2, -0.15) is 0 Å². The number of aliphatic imine (C=N–C) groups is 1. The highest BCUT2D eigenvalue weighted by atomic mass is 127. The van der Waals surface area contributed by atoms with Gasteiger partial charge in [0.15, 0.2) is 5.96 Å². The van der Waals surface area contributed by atoms with E-state index in [2.05, 4.69) is 22.4 Å². The van der Waals surface area contributed by atoms with Crippen LogP contribution in [0.2, 0.25) is 0 Å². The van der Waals surface area contributed by atoms with Gasteiger partial charge in [-0.25, -0.2) is 4.99 Å². The largest absolute Gasteiger partial charge is 0.370 e. The third-order valence-electron chi connectivity index (χ3n) is 4.05. The first kappa shape index (κ1) is 19.2. The summed E-state index contributed by atoms with van der Waals surface area (Å²) in [6.45, 7) is 2.08. The zero-order valence-electron chi connectivity index (χ0n) is 14.0. The van der Waals surface area contributed by atoms with Crippen LogP contribution in [0.4, 0.5) is 5.69 Å². The lowest BCUT2D eigenvalue weighted by Crippen LogP contribution is -2.23. The summed E-state index contributed by atoms with van der Waals surface area (Å²) >= 11 is 0. The lowest BCUT2D eigenvalue weighted by molar-refractivity contribution is -0.128. The first-order valence-electron chi connectivity index (χ1n) is 8.18. The number of carbonyl (C=O) groups excluding carboxylic acids is 1. The summed E-state index contributed by atoms with van der Waals surface area (Å²) in [6, 6.07) is 17.9. The van der Waals surface area contributed by atoms with E-state index in [9.17, 15) is 4.79 Å². The number of carbonyl (C=O) groups is 1. The van der Waals surface area contributed by atoms with Crippen LogP contribution in [0.3, 0.4) is 0 Å². The quantitative estimate of drug-likeness (QED) is 0.417. The molecular weight excluding hydrogens is 427 g/mol. The normalized spacial score (nSPS) is 14.3. The van der Waals surface area contributed by atoms with Gasteiger partial charge in [0.25, 0.3) is 0 Å². The summed E-state index contributed by atoms with van der Waals surface area (Å²) in [5.74, 6) is 0.649. The fraction of sp³-hybridized carbons (Fsp3) is 0.263. The maximum Gasteiger partial charge on any atom is 0.222 e. The average Bonchev–Trinajstić information content (AvgIpc) is 3.00. The van der Waals surface area contributed by atoms with E-state index in [4.69, 9.17) is 5.73 Å². The van der Waals surface area contributed by atoms with Gasteiger partial charge in [0.05, 0.1) is 6.54 Å². The van der Waals surface area contributed by atoms with Crippen molar-refractivity contribution in [1.29, 1.82) is 0 Å². The van der Waals surface area contributed by atoms with E-state index in [-0.39, 0.29) is 29.9 Å². The Morgan fingerprint density at radius 3 is 2.40 bits per heavy atom. The van der Waals surface area contributed by atoms with Crippen LogP contribution in [-0.2, 0) is 17.9 Å². The van der Waals surface area contributed by atoms with Crippen molar-refractivity contribution in [2.45, 2.75) is 25.9 Å². The van der Waals surface area contributed by atoms with Gasteiger partial charge in [0.2, 0.25) is 5.91 Å². The second-order valence-corrected chi connectivity index (χ2v) is 5.93. The van der Waals surface area contributed by atoms with Crippen LogP contribution < -0.4 is 11.1 Å². The van der Waals surface area contributed by atoms with Crippen molar-refractivity contribution in [3.05, 3.63) is 65.7 Å². The molecule has 0 unspecified atom stereocenters. The molecular formula is C19H23IN4O. The molecule has 1 heterocycles. The van der Waals surface area contributed by atoms with Gasteiger partial charge >= 0.3 is 0 Å². The van der Waals surface area contributed by atoms with E-state index in [0.29, 0.717) is 25.5 Å². The highest BCUT2D eigenvalue weighted by Crippen LogP contribution is 2.15. The minimum Gasteiger partial charge on any atom is -0.370 e. The Kier molecular flexibility index (Phi) is 7.24. The Bertz CT molecular complexity index is 716. The van der Waals surface area contributed by atoms with E-state index >= 15 is 0 Å². The second-order valence-electron chi connectivity index (χ2n) is 5.93.